The molecule has 2 atom stereocenters. The molecule has 0 aliphatic rings. The second kappa shape index (κ2) is 7.19. The van der Waals surface area contributed by atoms with Crippen LogP contribution in [0.15, 0.2) is 0 Å². The lowest BCUT2D eigenvalue weighted by Gasteiger charge is -2.21. The summed E-state index contributed by atoms with van der Waals surface area (Å²) >= 11 is 0. The zero-order valence-corrected chi connectivity index (χ0v) is 10.1. The average Bonchev–Trinajstić information content (AvgIpc) is 2.23. The minimum absolute atomic E-state index is 0.0751. The van der Waals surface area contributed by atoms with Gasteiger partial charge in [0.25, 0.3) is 0 Å². The second-order valence-corrected chi connectivity index (χ2v) is 3.83. The first-order chi connectivity index (χ1) is 7.43. The fourth-order valence-corrected chi connectivity index (χ4v) is 1.07. The molecule has 94 valence electrons. The lowest BCUT2D eigenvalue weighted by molar-refractivity contribution is -0.149. The first-order valence-corrected chi connectivity index (χ1v) is 5.30. The number of rotatable bonds is 6. The van der Waals surface area contributed by atoms with Gasteiger partial charge in [-0.1, -0.05) is 13.8 Å². The lowest BCUT2D eigenvalue weighted by atomic mass is 10.0. The molecular formula is C10H20N2O4. The van der Waals surface area contributed by atoms with Gasteiger partial charge < -0.3 is 15.3 Å². The number of amides is 1. The molecule has 0 aromatic rings. The first kappa shape index (κ1) is 14.9. The summed E-state index contributed by atoms with van der Waals surface area (Å²) in [6.07, 6.45) is 0. The van der Waals surface area contributed by atoms with Crippen LogP contribution in [-0.2, 0) is 14.3 Å². The number of esters is 1. The van der Waals surface area contributed by atoms with Crippen LogP contribution in [0.3, 0.4) is 0 Å². The van der Waals surface area contributed by atoms with Crippen molar-refractivity contribution >= 4 is 11.9 Å². The highest BCUT2D eigenvalue weighted by Crippen LogP contribution is 2.04. The van der Waals surface area contributed by atoms with Gasteiger partial charge in [0.1, 0.15) is 12.1 Å². The number of ether oxygens (including phenoxy) is 1. The van der Waals surface area contributed by atoms with Gasteiger partial charge in [-0.2, -0.15) is 5.48 Å². The zero-order chi connectivity index (χ0) is 12.7. The Kier molecular flexibility index (Phi) is 6.67. The first-order valence-electron chi connectivity index (χ1n) is 5.30. The van der Waals surface area contributed by atoms with Gasteiger partial charge in [0.05, 0.1) is 6.61 Å². The Morgan fingerprint density at radius 3 is 2.25 bits per heavy atom. The summed E-state index contributed by atoms with van der Waals surface area (Å²) in [5.74, 6) is -0.987. The fraction of sp³-hybridized carbons (Fsp3) is 0.800. The molecule has 0 fully saturated rings. The van der Waals surface area contributed by atoms with Crippen molar-refractivity contribution in [2.24, 2.45) is 5.92 Å². The number of carbonyl (C=O) groups excluding carboxylic acids is 2. The van der Waals surface area contributed by atoms with E-state index in [-0.39, 0.29) is 12.5 Å². The fourth-order valence-electron chi connectivity index (χ4n) is 1.07. The molecule has 0 bridgehead atoms. The van der Waals surface area contributed by atoms with Crippen LogP contribution in [0.1, 0.15) is 27.7 Å². The third kappa shape index (κ3) is 4.59. The molecule has 0 saturated carbocycles. The van der Waals surface area contributed by atoms with Crippen molar-refractivity contribution in [2.45, 2.75) is 39.8 Å². The number of hydroxylamine groups is 1. The molecule has 0 unspecified atom stereocenters. The van der Waals surface area contributed by atoms with Crippen molar-refractivity contribution in [2.75, 3.05) is 6.61 Å². The van der Waals surface area contributed by atoms with Gasteiger partial charge in [-0.25, -0.2) is 4.79 Å². The van der Waals surface area contributed by atoms with Crippen molar-refractivity contribution in [3.8, 4) is 0 Å². The predicted molar refractivity (Wildman–Crippen MR) is 57.8 cm³/mol. The van der Waals surface area contributed by atoms with Crippen LogP contribution in [0, 0.1) is 5.92 Å². The number of hydrogen-bond donors (Lipinski definition) is 3. The Labute approximate surface area is 95.3 Å². The quantitative estimate of drug-likeness (QED) is 0.445. The summed E-state index contributed by atoms with van der Waals surface area (Å²) < 4.78 is 4.84. The Hall–Kier alpha value is -1.14. The monoisotopic (exact) mass is 232 g/mol. The third-order valence-electron chi connectivity index (χ3n) is 2.09. The van der Waals surface area contributed by atoms with Gasteiger partial charge in [-0.3, -0.25) is 4.79 Å². The van der Waals surface area contributed by atoms with E-state index in [2.05, 4.69) is 5.32 Å². The summed E-state index contributed by atoms with van der Waals surface area (Å²) in [4.78, 5) is 23.0. The van der Waals surface area contributed by atoms with Crippen molar-refractivity contribution in [3.63, 3.8) is 0 Å². The summed E-state index contributed by atoms with van der Waals surface area (Å²) in [6, 6.07) is -1.46. The SMILES string of the molecule is CCOC(=O)[C@@H](NC(=O)[C@H](C)NO)C(C)C. The van der Waals surface area contributed by atoms with Gasteiger partial charge in [-0.05, 0) is 19.8 Å². The summed E-state index contributed by atoms with van der Waals surface area (Å²) in [5, 5.41) is 11.1. The van der Waals surface area contributed by atoms with Gasteiger partial charge in [0.2, 0.25) is 5.91 Å². The topological polar surface area (TPSA) is 87.7 Å². The summed E-state index contributed by atoms with van der Waals surface area (Å²) in [7, 11) is 0. The minimum Gasteiger partial charge on any atom is -0.464 e. The maximum atomic E-state index is 11.5. The number of nitrogens with one attached hydrogen (secondary N) is 2. The number of hydrogen-bond acceptors (Lipinski definition) is 5. The van der Waals surface area contributed by atoms with Gasteiger partial charge in [0.15, 0.2) is 0 Å². The third-order valence-corrected chi connectivity index (χ3v) is 2.09. The summed E-state index contributed by atoms with van der Waals surface area (Å²) in [5.41, 5.74) is 1.82. The van der Waals surface area contributed by atoms with E-state index in [0.717, 1.165) is 0 Å². The lowest BCUT2D eigenvalue weighted by Crippen LogP contribution is -2.51. The van der Waals surface area contributed by atoms with E-state index in [4.69, 9.17) is 9.94 Å². The Bertz CT molecular complexity index is 243. The number of carbonyl (C=O) groups is 2. The van der Waals surface area contributed by atoms with Crippen LogP contribution in [0.4, 0.5) is 0 Å². The molecule has 0 heterocycles. The zero-order valence-electron chi connectivity index (χ0n) is 10.1. The largest absolute Gasteiger partial charge is 0.464 e. The molecule has 6 nitrogen and oxygen atoms in total. The Morgan fingerprint density at radius 1 is 1.31 bits per heavy atom. The maximum absolute atomic E-state index is 11.5. The molecule has 1 amide bonds. The second-order valence-electron chi connectivity index (χ2n) is 3.83. The molecule has 6 heteroatoms. The molecule has 0 spiro atoms. The molecule has 0 aromatic carbocycles. The van der Waals surface area contributed by atoms with Gasteiger partial charge in [-0.15, -0.1) is 0 Å². The van der Waals surface area contributed by atoms with Crippen LogP contribution in [0.25, 0.3) is 0 Å². The van der Waals surface area contributed by atoms with E-state index in [9.17, 15) is 9.59 Å². The Morgan fingerprint density at radius 2 is 1.88 bits per heavy atom. The van der Waals surface area contributed by atoms with E-state index < -0.39 is 24.0 Å². The smallest absolute Gasteiger partial charge is 0.328 e. The molecular weight excluding hydrogens is 212 g/mol. The van der Waals surface area contributed by atoms with E-state index in [1.54, 1.807) is 20.8 Å². The molecule has 3 N–H and O–H groups in total. The van der Waals surface area contributed by atoms with Crippen LogP contribution < -0.4 is 10.8 Å². The molecule has 16 heavy (non-hydrogen) atoms. The minimum atomic E-state index is -0.768. The molecule has 0 radical (unpaired) electrons. The van der Waals surface area contributed by atoms with E-state index in [1.807, 2.05) is 5.48 Å². The van der Waals surface area contributed by atoms with Gasteiger partial charge >= 0.3 is 5.97 Å². The van der Waals surface area contributed by atoms with Gasteiger partial charge in [0, 0.05) is 0 Å². The molecule has 0 aliphatic carbocycles. The van der Waals surface area contributed by atoms with Crippen molar-refractivity contribution in [1.29, 1.82) is 0 Å². The normalized spacial score (nSPS) is 14.4. The van der Waals surface area contributed by atoms with E-state index in [1.165, 1.54) is 6.92 Å². The van der Waals surface area contributed by atoms with Crippen LogP contribution >= 0.6 is 0 Å². The maximum Gasteiger partial charge on any atom is 0.328 e. The molecule has 0 aromatic heterocycles. The van der Waals surface area contributed by atoms with Crippen LogP contribution in [0.2, 0.25) is 0 Å². The molecule has 0 rings (SSSR count). The highest BCUT2D eigenvalue weighted by Gasteiger charge is 2.26. The van der Waals surface area contributed by atoms with E-state index >= 15 is 0 Å². The van der Waals surface area contributed by atoms with E-state index in [0.29, 0.717) is 0 Å². The van der Waals surface area contributed by atoms with Crippen LogP contribution in [-0.4, -0.2) is 35.8 Å². The summed E-state index contributed by atoms with van der Waals surface area (Å²) in [6.45, 7) is 7.07. The van der Waals surface area contributed by atoms with Crippen LogP contribution in [0.5, 0.6) is 0 Å². The highest BCUT2D eigenvalue weighted by atomic mass is 16.5. The van der Waals surface area contributed by atoms with Crippen molar-refractivity contribution in [3.05, 3.63) is 0 Å². The van der Waals surface area contributed by atoms with Crippen molar-refractivity contribution < 1.29 is 19.5 Å². The highest BCUT2D eigenvalue weighted by molar-refractivity contribution is 5.87. The standard InChI is InChI=1S/C10H20N2O4/c1-5-16-10(14)8(6(2)3)11-9(13)7(4)12-15/h6-8,12,15H,5H2,1-4H3,(H,11,13)/t7-,8-/m0/s1. The predicted octanol–water partition coefficient (Wildman–Crippen LogP) is 0.0576. The average molecular weight is 232 g/mol. The molecule has 0 saturated heterocycles. The van der Waals surface area contributed by atoms with Crippen molar-refractivity contribution in [1.82, 2.24) is 10.8 Å². The molecule has 0 aliphatic heterocycles. The Balaban J connectivity index is 4.45.